The van der Waals surface area contributed by atoms with Crippen molar-refractivity contribution >= 4 is 54.8 Å². The normalized spacial score (nSPS) is 18.0. The van der Waals surface area contributed by atoms with Gasteiger partial charge in [0.15, 0.2) is 0 Å². The van der Waals surface area contributed by atoms with Gasteiger partial charge in [-0.25, -0.2) is 13.4 Å². The van der Waals surface area contributed by atoms with Gasteiger partial charge in [0.1, 0.15) is 9.91 Å². The number of carbonyl (C=O) groups excluding carboxylic acids is 2. The van der Waals surface area contributed by atoms with Gasteiger partial charge in [0.05, 0.1) is 9.47 Å². The predicted octanol–water partition coefficient (Wildman–Crippen LogP) is 2.48. The van der Waals surface area contributed by atoms with E-state index in [0.717, 1.165) is 9.35 Å². The van der Waals surface area contributed by atoms with Crippen LogP contribution in [0.15, 0.2) is 56.2 Å². The SMILES string of the molecule is Cc1ccccc1N1NC(C(=O)N2CCN(S(=O)(=O)c3ccc(Br)s3)CC2)=CCC1=O. The average Bonchev–Trinajstić information content (AvgIpc) is 3.21. The Morgan fingerprint density at radius 3 is 2.45 bits per heavy atom. The number of carbonyl (C=O) groups is 2. The molecule has 2 amide bonds. The summed E-state index contributed by atoms with van der Waals surface area (Å²) in [6.45, 7) is 2.90. The van der Waals surface area contributed by atoms with Crippen molar-refractivity contribution in [3.63, 3.8) is 0 Å². The van der Waals surface area contributed by atoms with Gasteiger partial charge in [-0.1, -0.05) is 18.2 Å². The number of hydrogen-bond donors (Lipinski definition) is 1. The van der Waals surface area contributed by atoms with E-state index in [2.05, 4.69) is 21.4 Å². The molecule has 8 nitrogen and oxygen atoms in total. The molecule has 164 valence electrons. The zero-order valence-corrected chi connectivity index (χ0v) is 20.0. The molecule has 1 fully saturated rings. The monoisotopic (exact) mass is 524 g/mol. The largest absolute Gasteiger partial charge is 0.335 e. The van der Waals surface area contributed by atoms with Gasteiger partial charge in [-0.15, -0.1) is 11.3 Å². The zero-order valence-electron chi connectivity index (χ0n) is 16.7. The van der Waals surface area contributed by atoms with Crippen LogP contribution in [0.3, 0.4) is 0 Å². The van der Waals surface area contributed by atoms with E-state index in [1.807, 2.05) is 31.2 Å². The summed E-state index contributed by atoms with van der Waals surface area (Å²) >= 11 is 4.46. The van der Waals surface area contributed by atoms with E-state index in [4.69, 9.17) is 0 Å². The number of thiophene rings is 1. The van der Waals surface area contributed by atoms with Crippen LogP contribution in [0, 0.1) is 6.92 Å². The Balaban J connectivity index is 1.43. The standard InChI is InChI=1S/C20H21BrN4O4S2/c1-14-4-2-3-5-16(14)25-18(26)8-6-15(22-25)20(27)23-10-12-24(13-11-23)31(28,29)19-9-7-17(21)30-19/h2-7,9,22H,8,10-13H2,1H3. The topological polar surface area (TPSA) is 90.0 Å². The Hall–Kier alpha value is -2.21. The second kappa shape index (κ2) is 8.73. The van der Waals surface area contributed by atoms with E-state index in [0.29, 0.717) is 11.4 Å². The lowest BCUT2D eigenvalue weighted by atomic mass is 10.1. The minimum absolute atomic E-state index is 0.115. The number of sulfonamides is 1. The van der Waals surface area contributed by atoms with Crippen molar-refractivity contribution in [3.05, 3.63) is 57.5 Å². The molecule has 2 aromatic rings. The molecule has 0 saturated carbocycles. The molecular formula is C20H21BrN4O4S2. The smallest absolute Gasteiger partial charge is 0.271 e. The number of nitrogens with zero attached hydrogens (tertiary/aromatic N) is 3. The average molecular weight is 525 g/mol. The van der Waals surface area contributed by atoms with Gasteiger partial charge in [0, 0.05) is 32.6 Å². The second-order valence-corrected chi connectivity index (χ2v) is 11.8. The second-order valence-electron chi connectivity index (χ2n) is 7.20. The molecule has 1 aromatic heterocycles. The third-order valence-electron chi connectivity index (χ3n) is 5.22. The highest BCUT2D eigenvalue weighted by Crippen LogP contribution is 2.29. The number of aryl methyl sites for hydroxylation is 1. The van der Waals surface area contributed by atoms with Gasteiger partial charge in [-0.2, -0.15) is 4.31 Å². The minimum Gasteiger partial charge on any atom is -0.335 e. The van der Waals surface area contributed by atoms with E-state index in [1.165, 1.54) is 20.7 Å². The number of amides is 2. The van der Waals surface area contributed by atoms with Crippen LogP contribution in [0.25, 0.3) is 0 Å². The number of hydrogen-bond acceptors (Lipinski definition) is 6. The van der Waals surface area contributed by atoms with Crippen molar-refractivity contribution in [2.45, 2.75) is 17.6 Å². The molecule has 3 heterocycles. The van der Waals surface area contributed by atoms with Crippen LogP contribution in [0.2, 0.25) is 0 Å². The first-order chi connectivity index (χ1) is 14.8. The van der Waals surface area contributed by atoms with Gasteiger partial charge in [0.2, 0.25) is 5.91 Å². The number of hydrazine groups is 1. The van der Waals surface area contributed by atoms with Crippen LogP contribution in [-0.4, -0.2) is 55.6 Å². The summed E-state index contributed by atoms with van der Waals surface area (Å²) in [4.78, 5) is 27.0. The Morgan fingerprint density at radius 1 is 1.10 bits per heavy atom. The fraction of sp³-hybridized carbons (Fsp3) is 0.300. The van der Waals surface area contributed by atoms with Gasteiger partial charge >= 0.3 is 0 Å². The molecule has 0 aliphatic carbocycles. The highest BCUT2D eigenvalue weighted by Gasteiger charge is 2.33. The Morgan fingerprint density at radius 2 is 1.81 bits per heavy atom. The van der Waals surface area contributed by atoms with Crippen LogP contribution in [0.5, 0.6) is 0 Å². The number of para-hydroxylation sites is 1. The summed E-state index contributed by atoms with van der Waals surface area (Å²) in [6.07, 6.45) is 1.70. The first kappa shape index (κ1) is 22.0. The molecule has 0 spiro atoms. The third-order valence-corrected chi connectivity index (χ3v) is 9.21. The lowest BCUT2D eigenvalue weighted by Gasteiger charge is -2.36. The Labute approximate surface area is 193 Å². The maximum atomic E-state index is 13.0. The molecule has 0 bridgehead atoms. The van der Waals surface area contributed by atoms with E-state index in [1.54, 1.807) is 23.1 Å². The highest BCUT2D eigenvalue weighted by atomic mass is 79.9. The Kier molecular flexibility index (Phi) is 6.20. The predicted molar refractivity (Wildman–Crippen MR) is 122 cm³/mol. The summed E-state index contributed by atoms with van der Waals surface area (Å²) < 4.78 is 28.0. The molecule has 1 saturated heterocycles. The van der Waals surface area contributed by atoms with Gasteiger partial charge in [-0.3, -0.25) is 15.0 Å². The van der Waals surface area contributed by atoms with Crippen molar-refractivity contribution in [1.82, 2.24) is 14.6 Å². The summed E-state index contributed by atoms with van der Waals surface area (Å²) in [5.74, 6) is -0.397. The maximum Gasteiger partial charge on any atom is 0.271 e. The summed E-state index contributed by atoms with van der Waals surface area (Å²) in [5, 5.41) is 1.40. The van der Waals surface area contributed by atoms with Gasteiger partial charge in [0.25, 0.3) is 15.9 Å². The number of benzene rings is 1. The fourth-order valence-corrected chi connectivity index (χ4v) is 7.11. The van der Waals surface area contributed by atoms with Crippen molar-refractivity contribution in [3.8, 4) is 0 Å². The summed E-state index contributed by atoms with van der Waals surface area (Å²) in [5.41, 5.74) is 4.88. The van der Waals surface area contributed by atoms with Gasteiger partial charge < -0.3 is 4.90 Å². The molecule has 0 unspecified atom stereocenters. The van der Waals surface area contributed by atoms with Crippen LogP contribution in [-0.2, 0) is 19.6 Å². The highest BCUT2D eigenvalue weighted by molar-refractivity contribution is 9.11. The summed E-state index contributed by atoms with van der Waals surface area (Å²) in [7, 11) is -3.57. The van der Waals surface area contributed by atoms with Crippen molar-refractivity contribution in [2.24, 2.45) is 0 Å². The molecule has 0 atom stereocenters. The minimum atomic E-state index is -3.57. The molecule has 2 aliphatic heterocycles. The lowest BCUT2D eigenvalue weighted by Crippen LogP contribution is -2.54. The fourth-order valence-electron chi connectivity index (χ4n) is 3.52. The number of anilines is 1. The maximum absolute atomic E-state index is 13.0. The first-order valence-electron chi connectivity index (χ1n) is 9.67. The first-order valence-corrected chi connectivity index (χ1v) is 12.7. The lowest BCUT2D eigenvalue weighted by molar-refractivity contribution is -0.129. The number of rotatable bonds is 4. The quantitative estimate of drug-likeness (QED) is 0.663. The Bertz CT molecular complexity index is 1150. The van der Waals surface area contributed by atoms with Crippen LogP contribution in [0.4, 0.5) is 5.69 Å². The van der Waals surface area contributed by atoms with Crippen LogP contribution < -0.4 is 10.4 Å². The van der Waals surface area contributed by atoms with E-state index < -0.39 is 10.0 Å². The van der Waals surface area contributed by atoms with Gasteiger partial charge in [-0.05, 0) is 52.7 Å². The van der Waals surface area contributed by atoms with Crippen molar-refractivity contribution < 1.29 is 18.0 Å². The number of nitrogens with one attached hydrogen (secondary N) is 1. The summed E-state index contributed by atoms with van der Waals surface area (Å²) in [6, 6.07) is 10.7. The number of halogens is 1. The molecular weight excluding hydrogens is 504 g/mol. The molecule has 1 aromatic carbocycles. The molecule has 1 N–H and O–H groups in total. The van der Waals surface area contributed by atoms with E-state index >= 15 is 0 Å². The number of piperazine rings is 1. The zero-order chi connectivity index (χ0) is 22.2. The van der Waals surface area contributed by atoms with Crippen LogP contribution in [0.1, 0.15) is 12.0 Å². The molecule has 4 rings (SSSR count). The molecule has 11 heteroatoms. The third kappa shape index (κ3) is 4.40. The van der Waals surface area contributed by atoms with E-state index in [9.17, 15) is 18.0 Å². The molecule has 31 heavy (non-hydrogen) atoms. The molecule has 2 aliphatic rings. The van der Waals surface area contributed by atoms with Crippen molar-refractivity contribution in [2.75, 3.05) is 31.2 Å². The van der Waals surface area contributed by atoms with E-state index in [-0.39, 0.29) is 48.6 Å². The van der Waals surface area contributed by atoms with Crippen LogP contribution >= 0.6 is 27.3 Å². The molecule has 0 radical (unpaired) electrons. The van der Waals surface area contributed by atoms with Crippen molar-refractivity contribution in [1.29, 1.82) is 0 Å².